The number of amides is 2. The molecule has 138 valence electrons. The molecule has 26 heavy (non-hydrogen) atoms. The summed E-state index contributed by atoms with van der Waals surface area (Å²) >= 11 is 0. The first kappa shape index (κ1) is 18.3. The predicted molar refractivity (Wildman–Crippen MR) is 109 cm³/mol. The van der Waals surface area contributed by atoms with E-state index in [0.29, 0.717) is 5.92 Å². The van der Waals surface area contributed by atoms with Gasteiger partial charge in [0.2, 0.25) is 0 Å². The van der Waals surface area contributed by atoms with Gasteiger partial charge in [0.05, 0.1) is 0 Å². The molecule has 0 unspecified atom stereocenters. The van der Waals surface area contributed by atoms with Crippen molar-refractivity contribution in [2.24, 2.45) is 0 Å². The van der Waals surface area contributed by atoms with Crippen LogP contribution in [0.4, 0.5) is 16.2 Å². The Morgan fingerprint density at radius 2 is 1.65 bits per heavy atom. The van der Waals surface area contributed by atoms with Crippen LogP contribution in [-0.2, 0) is 0 Å². The molecule has 0 aliphatic carbocycles. The van der Waals surface area contributed by atoms with E-state index in [1.807, 2.05) is 23.1 Å². The van der Waals surface area contributed by atoms with Gasteiger partial charge in [-0.2, -0.15) is 0 Å². The van der Waals surface area contributed by atoms with Crippen LogP contribution in [0.2, 0.25) is 0 Å². The largest absolute Gasteiger partial charge is 0.368 e. The third-order valence-electron chi connectivity index (χ3n) is 5.22. The van der Waals surface area contributed by atoms with Crippen LogP contribution >= 0.6 is 0 Å². The van der Waals surface area contributed by atoms with Crippen molar-refractivity contribution in [2.75, 3.05) is 36.4 Å². The van der Waals surface area contributed by atoms with E-state index in [0.717, 1.165) is 31.9 Å². The molecule has 1 saturated heterocycles. The molecule has 0 spiro atoms. The van der Waals surface area contributed by atoms with Gasteiger partial charge in [0, 0.05) is 37.6 Å². The Morgan fingerprint density at radius 1 is 0.962 bits per heavy atom. The van der Waals surface area contributed by atoms with Crippen LogP contribution in [0, 0.1) is 13.8 Å². The average molecular weight is 351 g/mol. The third kappa shape index (κ3) is 4.01. The second kappa shape index (κ2) is 7.81. The fourth-order valence-corrected chi connectivity index (χ4v) is 3.44. The number of rotatable bonds is 3. The number of anilines is 2. The molecular weight excluding hydrogens is 322 g/mol. The molecule has 4 nitrogen and oxygen atoms in total. The Labute approximate surface area is 156 Å². The molecular formula is C22H29N3O. The summed E-state index contributed by atoms with van der Waals surface area (Å²) in [6.07, 6.45) is 0. The zero-order chi connectivity index (χ0) is 18.7. The Kier molecular flexibility index (Phi) is 5.50. The van der Waals surface area contributed by atoms with Gasteiger partial charge in [0.1, 0.15) is 0 Å². The first-order valence-electron chi connectivity index (χ1n) is 9.43. The minimum absolute atomic E-state index is 0.00922. The van der Waals surface area contributed by atoms with Gasteiger partial charge in [-0.05, 0) is 54.7 Å². The number of carbonyl (C=O) groups excluding carboxylic acids is 1. The van der Waals surface area contributed by atoms with E-state index in [9.17, 15) is 4.79 Å². The minimum atomic E-state index is -0.00922. The zero-order valence-corrected chi connectivity index (χ0v) is 16.2. The van der Waals surface area contributed by atoms with Gasteiger partial charge < -0.3 is 15.1 Å². The molecule has 3 rings (SSSR count). The maximum atomic E-state index is 12.6. The van der Waals surface area contributed by atoms with E-state index in [1.54, 1.807) is 0 Å². The number of hydrogen-bond donors (Lipinski definition) is 1. The summed E-state index contributed by atoms with van der Waals surface area (Å²) in [5.41, 5.74) is 5.97. The number of hydrogen-bond acceptors (Lipinski definition) is 2. The Hall–Kier alpha value is -2.49. The molecule has 1 fully saturated rings. The lowest BCUT2D eigenvalue weighted by atomic mass is 10.00. The van der Waals surface area contributed by atoms with Gasteiger partial charge in [-0.3, -0.25) is 0 Å². The van der Waals surface area contributed by atoms with Gasteiger partial charge in [0.15, 0.2) is 0 Å². The van der Waals surface area contributed by atoms with E-state index in [2.05, 4.69) is 62.2 Å². The second-order valence-corrected chi connectivity index (χ2v) is 7.42. The molecule has 1 aliphatic rings. The fourth-order valence-electron chi connectivity index (χ4n) is 3.44. The number of nitrogens with one attached hydrogen (secondary N) is 1. The molecule has 0 aromatic heterocycles. The summed E-state index contributed by atoms with van der Waals surface area (Å²) in [5.74, 6) is 0.498. The van der Waals surface area contributed by atoms with Gasteiger partial charge >= 0.3 is 6.03 Å². The smallest absolute Gasteiger partial charge is 0.321 e. The zero-order valence-electron chi connectivity index (χ0n) is 16.2. The van der Waals surface area contributed by atoms with E-state index >= 15 is 0 Å². The molecule has 2 aromatic rings. The highest BCUT2D eigenvalue weighted by Gasteiger charge is 2.23. The molecule has 1 aliphatic heterocycles. The number of nitrogens with zero attached hydrogens (tertiary/aromatic N) is 2. The molecule has 2 aromatic carbocycles. The predicted octanol–water partition coefficient (Wildman–Crippen LogP) is 4.78. The Morgan fingerprint density at radius 3 is 2.31 bits per heavy atom. The molecule has 1 N–H and O–H groups in total. The van der Waals surface area contributed by atoms with Crippen LogP contribution in [0.5, 0.6) is 0 Å². The highest BCUT2D eigenvalue weighted by atomic mass is 16.2. The molecule has 4 heteroatoms. The first-order valence-corrected chi connectivity index (χ1v) is 9.43. The molecule has 1 heterocycles. The number of piperazine rings is 1. The van der Waals surface area contributed by atoms with Crippen LogP contribution in [0.25, 0.3) is 0 Å². The van der Waals surface area contributed by atoms with E-state index < -0.39 is 0 Å². The van der Waals surface area contributed by atoms with Crippen LogP contribution in [0.3, 0.4) is 0 Å². The summed E-state index contributed by atoms with van der Waals surface area (Å²) in [7, 11) is 0. The van der Waals surface area contributed by atoms with Crippen molar-refractivity contribution < 1.29 is 4.79 Å². The first-order chi connectivity index (χ1) is 12.5. The summed E-state index contributed by atoms with van der Waals surface area (Å²) < 4.78 is 0. The number of carbonyl (C=O) groups is 1. The summed E-state index contributed by atoms with van der Waals surface area (Å²) in [6, 6.07) is 14.6. The third-order valence-corrected chi connectivity index (χ3v) is 5.22. The maximum absolute atomic E-state index is 12.6. The van der Waals surface area contributed by atoms with Crippen molar-refractivity contribution in [2.45, 2.75) is 33.6 Å². The normalized spacial score (nSPS) is 14.7. The number of aryl methyl sites for hydroxylation is 2. The summed E-state index contributed by atoms with van der Waals surface area (Å²) in [4.78, 5) is 16.9. The summed E-state index contributed by atoms with van der Waals surface area (Å²) in [5, 5.41) is 3.03. The quantitative estimate of drug-likeness (QED) is 0.864. The SMILES string of the molecule is Cc1ccc(NC(=O)N2CCN(c3ccccc3C(C)C)CC2)cc1C. The topological polar surface area (TPSA) is 35.6 Å². The van der Waals surface area contributed by atoms with E-state index in [-0.39, 0.29) is 6.03 Å². The van der Waals surface area contributed by atoms with Crippen molar-refractivity contribution in [3.63, 3.8) is 0 Å². The average Bonchev–Trinajstić information content (AvgIpc) is 2.65. The Balaban J connectivity index is 1.61. The lowest BCUT2D eigenvalue weighted by molar-refractivity contribution is 0.208. The maximum Gasteiger partial charge on any atom is 0.321 e. The van der Waals surface area contributed by atoms with Gasteiger partial charge in [-0.15, -0.1) is 0 Å². The van der Waals surface area contributed by atoms with Gasteiger partial charge in [-0.1, -0.05) is 38.1 Å². The Bertz CT molecular complexity index is 777. The molecule has 2 amide bonds. The highest BCUT2D eigenvalue weighted by molar-refractivity contribution is 5.89. The standard InChI is InChI=1S/C22H29N3O/c1-16(2)20-7-5-6-8-21(20)24-11-13-25(14-12-24)22(26)23-19-10-9-17(3)18(4)15-19/h5-10,15-16H,11-14H2,1-4H3,(H,23,26). The van der Waals surface area contributed by atoms with Crippen LogP contribution in [0.1, 0.15) is 36.5 Å². The van der Waals surface area contributed by atoms with Gasteiger partial charge in [0.25, 0.3) is 0 Å². The van der Waals surface area contributed by atoms with Crippen LogP contribution in [-0.4, -0.2) is 37.1 Å². The fraction of sp³-hybridized carbons (Fsp3) is 0.409. The van der Waals surface area contributed by atoms with Crippen molar-refractivity contribution in [1.82, 2.24) is 4.90 Å². The van der Waals surface area contributed by atoms with Gasteiger partial charge in [-0.25, -0.2) is 4.79 Å². The van der Waals surface area contributed by atoms with E-state index in [1.165, 1.54) is 22.4 Å². The number of urea groups is 1. The lowest BCUT2D eigenvalue weighted by Crippen LogP contribution is -2.50. The lowest BCUT2D eigenvalue weighted by Gasteiger charge is -2.37. The molecule has 0 saturated carbocycles. The van der Waals surface area contributed by atoms with Crippen molar-refractivity contribution in [3.05, 3.63) is 59.2 Å². The highest BCUT2D eigenvalue weighted by Crippen LogP contribution is 2.28. The molecule has 0 atom stereocenters. The van der Waals surface area contributed by atoms with Crippen molar-refractivity contribution >= 4 is 17.4 Å². The molecule has 0 bridgehead atoms. The minimum Gasteiger partial charge on any atom is -0.368 e. The number of benzene rings is 2. The monoisotopic (exact) mass is 351 g/mol. The van der Waals surface area contributed by atoms with Crippen molar-refractivity contribution in [1.29, 1.82) is 0 Å². The van der Waals surface area contributed by atoms with E-state index in [4.69, 9.17) is 0 Å². The molecule has 0 radical (unpaired) electrons. The summed E-state index contributed by atoms with van der Waals surface area (Å²) in [6.45, 7) is 11.8. The van der Waals surface area contributed by atoms with Crippen LogP contribution < -0.4 is 10.2 Å². The second-order valence-electron chi connectivity index (χ2n) is 7.42. The number of para-hydroxylation sites is 1. The van der Waals surface area contributed by atoms with Crippen LogP contribution in [0.15, 0.2) is 42.5 Å². The van der Waals surface area contributed by atoms with Crippen molar-refractivity contribution in [3.8, 4) is 0 Å².